The molecule has 6 heteroatoms. The molecular weight excluding hydrogens is 596 g/mol. The summed E-state index contributed by atoms with van der Waals surface area (Å²) in [7, 11) is 0. The maximum atomic E-state index is 6.70. The standard InChI is InChI=1S/C42H55N2O4/c1-25(2)45-24-37(46-26(3)4)32-18-14-19-33(41(47-27(5)6)48-28(7)8)38(32)36-23-43-22-29(9)42(10,11)34-20-15-17-31-30-16-12-13-21-35(30)44(36)40(43)39(31)34/h12-21,23,25-29,37,41H,22,24H2,1-11H3/q+1. The second-order valence-corrected chi connectivity index (χ2v) is 15.3. The number of fused-ring (bicyclic) bond motifs is 3. The number of hydrogen-bond acceptors (Lipinski definition) is 4. The third-order valence-electron chi connectivity index (χ3n) is 9.92. The fourth-order valence-electron chi connectivity index (χ4n) is 7.40. The van der Waals surface area contributed by atoms with Crippen molar-refractivity contribution in [1.82, 2.24) is 4.40 Å². The van der Waals surface area contributed by atoms with Gasteiger partial charge in [-0.15, -0.1) is 0 Å². The van der Waals surface area contributed by atoms with Gasteiger partial charge in [-0.05, 0) is 78.0 Å². The van der Waals surface area contributed by atoms with Crippen LogP contribution in [0, 0.1) is 5.92 Å². The van der Waals surface area contributed by atoms with Gasteiger partial charge in [0, 0.05) is 27.8 Å². The van der Waals surface area contributed by atoms with Crippen LogP contribution in [0.2, 0.25) is 0 Å². The molecule has 0 fully saturated rings. The van der Waals surface area contributed by atoms with E-state index >= 15 is 0 Å². The van der Waals surface area contributed by atoms with Crippen LogP contribution in [0.1, 0.15) is 105 Å². The van der Waals surface area contributed by atoms with Crippen LogP contribution < -0.4 is 4.57 Å². The monoisotopic (exact) mass is 651 g/mol. The molecule has 0 saturated carbocycles. The number of hydrogen-bond donors (Lipinski definition) is 0. The highest BCUT2D eigenvalue weighted by molar-refractivity contribution is 6.13. The van der Waals surface area contributed by atoms with E-state index in [1.165, 1.54) is 32.9 Å². The Labute approximate surface area is 287 Å². The van der Waals surface area contributed by atoms with Gasteiger partial charge in [-0.1, -0.05) is 75.4 Å². The van der Waals surface area contributed by atoms with Crippen molar-refractivity contribution in [3.05, 3.63) is 83.6 Å². The lowest BCUT2D eigenvalue weighted by Crippen LogP contribution is -2.39. The number of pyridine rings is 1. The summed E-state index contributed by atoms with van der Waals surface area (Å²) >= 11 is 0. The molecule has 2 atom stereocenters. The molecule has 2 aromatic heterocycles. The maximum absolute atomic E-state index is 6.70. The lowest BCUT2D eigenvalue weighted by atomic mass is 9.73. The molecule has 0 aliphatic carbocycles. The molecule has 0 bridgehead atoms. The van der Waals surface area contributed by atoms with Crippen LogP contribution in [-0.2, 0) is 30.9 Å². The summed E-state index contributed by atoms with van der Waals surface area (Å²) in [6.45, 7) is 25.1. The fourth-order valence-corrected chi connectivity index (χ4v) is 7.40. The Hall–Kier alpha value is -3.29. The zero-order valence-electron chi connectivity index (χ0n) is 30.8. The Balaban J connectivity index is 1.78. The lowest BCUT2D eigenvalue weighted by Gasteiger charge is -2.30. The van der Waals surface area contributed by atoms with Crippen molar-refractivity contribution < 1.29 is 23.5 Å². The molecule has 256 valence electrons. The van der Waals surface area contributed by atoms with E-state index < -0.39 is 6.29 Å². The van der Waals surface area contributed by atoms with Gasteiger partial charge in [0.05, 0.1) is 43.0 Å². The number of para-hydroxylation sites is 1. The topological polar surface area (TPSA) is 45.2 Å². The molecule has 0 saturated heterocycles. The van der Waals surface area contributed by atoms with E-state index in [1.54, 1.807) is 0 Å². The zero-order valence-corrected chi connectivity index (χ0v) is 30.8. The van der Waals surface area contributed by atoms with Gasteiger partial charge < -0.3 is 18.9 Å². The van der Waals surface area contributed by atoms with E-state index in [0.717, 1.165) is 28.9 Å². The Morgan fingerprint density at radius 3 is 2.04 bits per heavy atom. The van der Waals surface area contributed by atoms with Crippen molar-refractivity contribution in [2.45, 2.75) is 125 Å². The number of nitrogens with zero attached hydrogens (tertiary/aromatic N) is 2. The van der Waals surface area contributed by atoms with E-state index in [-0.39, 0.29) is 35.9 Å². The van der Waals surface area contributed by atoms with Crippen molar-refractivity contribution >= 4 is 27.3 Å². The van der Waals surface area contributed by atoms with E-state index in [1.807, 2.05) is 0 Å². The molecule has 48 heavy (non-hydrogen) atoms. The van der Waals surface area contributed by atoms with Crippen LogP contribution in [0.4, 0.5) is 0 Å². The summed E-state index contributed by atoms with van der Waals surface area (Å²) in [5.41, 5.74) is 8.01. The third-order valence-corrected chi connectivity index (χ3v) is 9.92. The van der Waals surface area contributed by atoms with Gasteiger partial charge in [0.15, 0.2) is 12.0 Å². The fraction of sp³-hybridized carbons (Fsp3) is 0.500. The van der Waals surface area contributed by atoms with Crippen LogP contribution in [-0.4, -0.2) is 35.4 Å². The Morgan fingerprint density at radius 1 is 0.750 bits per heavy atom. The van der Waals surface area contributed by atoms with Crippen LogP contribution in [0.25, 0.3) is 38.6 Å². The molecule has 1 aliphatic rings. The van der Waals surface area contributed by atoms with E-state index in [4.69, 9.17) is 18.9 Å². The summed E-state index contributed by atoms with van der Waals surface area (Å²) in [6.07, 6.45) is 1.51. The molecule has 0 N–H and O–H groups in total. The van der Waals surface area contributed by atoms with Crippen LogP contribution >= 0.6 is 0 Å². The molecule has 0 amide bonds. The van der Waals surface area contributed by atoms with Gasteiger partial charge in [0.2, 0.25) is 0 Å². The number of ether oxygens (including phenoxy) is 4. The van der Waals surface area contributed by atoms with Crippen LogP contribution in [0.5, 0.6) is 0 Å². The zero-order chi connectivity index (χ0) is 34.5. The van der Waals surface area contributed by atoms with Gasteiger partial charge >= 0.3 is 0 Å². The molecule has 1 aliphatic heterocycles. The normalized spacial score (nSPS) is 17.0. The lowest BCUT2D eigenvalue weighted by molar-refractivity contribution is -0.676. The SMILES string of the molecule is CC(C)OCC(OC(C)C)c1cccc(C(OC(C)C)OC(C)C)c1-c1c[n+]2c3c4c(cccc4c4ccccc4n13)C(C)(C)C(C)C2. The van der Waals surface area contributed by atoms with Crippen molar-refractivity contribution in [2.24, 2.45) is 5.92 Å². The molecule has 3 heterocycles. The first kappa shape index (κ1) is 34.6. The highest BCUT2D eigenvalue weighted by Crippen LogP contribution is 2.45. The molecular formula is C42H55N2O4+. The van der Waals surface area contributed by atoms with Gasteiger partial charge in [-0.3, -0.25) is 0 Å². The van der Waals surface area contributed by atoms with Crippen molar-refractivity contribution in [3.63, 3.8) is 0 Å². The summed E-state index contributed by atoms with van der Waals surface area (Å²) in [5.74, 6) is 0.398. The Kier molecular flexibility index (Phi) is 9.76. The largest absolute Gasteiger partial charge is 0.376 e. The second kappa shape index (κ2) is 13.5. The first-order valence-corrected chi connectivity index (χ1v) is 17.9. The highest BCUT2D eigenvalue weighted by Gasteiger charge is 2.40. The molecule has 6 nitrogen and oxygen atoms in total. The van der Waals surface area contributed by atoms with E-state index in [0.29, 0.717) is 12.5 Å². The van der Waals surface area contributed by atoms with Gasteiger partial charge in [0.25, 0.3) is 5.65 Å². The summed E-state index contributed by atoms with van der Waals surface area (Å²) in [4.78, 5) is 0. The van der Waals surface area contributed by atoms with Crippen molar-refractivity contribution in [1.29, 1.82) is 0 Å². The van der Waals surface area contributed by atoms with E-state index in [2.05, 4.69) is 152 Å². The van der Waals surface area contributed by atoms with Crippen molar-refractivity contribution in [3.8, 4) is 11.3 Å². The molecule has 0 spiro atoms. The van der Waals surface area contributed by atoms with Gasteiger partial charge in [0.1, 0.15) is 17.8 Å². The number of imidazole rings is 1. The number of benzene rings is 3. The van der Waals surface area contributed by atoms with Gasteiger partial charge in [-0.25, -0.2) is 4.57 Å². The first-order chi connectivity index (χ1) is 22.8. The minimum absolute atomic E-state index is 0.00639. The molecule has 2 unspecified atom stereocenters. The average molecular weight is 652 g/mol. The van der Waals surface area contributed by atoms with Crippen molar-refractivity contribution in [2.75, 3.05) is 6.61 Å². The van der Waals surface area contributed by atoms with Crippen LogP contribution in [0.3, 0.4) is 0 Å². The summed E-state index contributed by atoms with van der Waals surface area (Å²) < 4.78 is 31.2. The minimum atomic E-state index is -0.572. The summed E-state index contributed by atoms with van der Waals surface area (Å²) in [6, 6.07) is 22.2. The quantitative estimate of drug-likeness (QED) is 0.0765. The number of aromatic nitrogens is 2. The van der Waals surface area contributed by atoms with E-state index in [9.17, 15) is 0 Å². The average Bonchev–Trinajstić information content (AvgIpc) is 3.36. The highest BCUT2D eigenvalue weighted by atomic mass is 16.7. The smallest absolute Gasteiger partial charge is 0.295 e. The predicted octanol–water partition coefficient (Wildman–Crippen LogP) is 9.87. The molecule has 0 radical (unpaired) electrons. The third kappa shape index (κ3) is 6.29. The van der Waals surface area contributed by atoms with Crippen LogP contribution in [0.15, 0.2) is 66.9 Å². The molecule has 3 aromatic carbocycles. The number of rotatable bonds is 12. The Morgan fingerprint density at radius 2 is 1.38 bits per heavy atom. The Bertz CT molecular complexity index is 1910. The van der Waals surface area contributed by atoms with Gasteiger partial charge in [-0.2, -0.15) is 4.40 Å². The first-order valence-electron chi connectivity index (χ1n) is 17.9. The summed E-state index contributed by atoms with van der Waals surface area (Å²) in [5, 5.41) is 3.85. The minimum Gasteiger partial charge on any atom is -0.376 e. The molecule has 6 rings (SSSR count). The molecule has 5 aromatic rings. The predicted molar refractivity (Wildman–Crippen MR) is 195 cm³/mol. The maximum Gasteiger partial charge on any atom is 0.295 e. The second-order valence-electron chi connectivity index (χ2n) is 15.3.